The zero-order chi connectivity index (χ0) is 51.1. The average Bonchev–Trinajstić information content (AvgIpc) is 3.70. The molecule has 0 unspecified atom stereocenters. The molecule has 0 atom stereocenters. The molecule has 5 aromatic carbocycles. The van der Waals surface area contributed by atoms with Gasteiger partial charge in [-0.1, -0.05) is 126 Å². The van der Waals surface area contributed by atoms with Gasteiger partial charge >= 0.3 is 0 Å². The second-order valence-electron chi connectivity index (χ2n) is 16.8. The molecule has 0 saturated carbocycles. The number of aromatic nitrogens is 2. The molecule has 0 aliphatic heterocycles. The Balaban J connectivity index is 0.000000448. The van der Waals surface area contributed by atoms with Crippen molar-refractivity contribution in [2.75, 3.05) is 0 Å². The number of fused-ring (bicyclic) bond motifs is 6. The van der Waals surface area contributed by atoms with Crippen LogP contribution in [0.2, 0.25) is 0 Å². The quantitative estimate of drug-likeness (QED) is 0.0839. The average molecular weight is 1010 g/mol. The van der Waals surface area contributed by atoms with E-state index in [1.807, 2.05) is 64.1 Å². The number of hydrogen-bond donors (Lipinski definition) is 1. The summed E-state index contributed by atoms with van der Waals surface area (Å²) in [7, 11) is 0. The molecule has 8 aromatic rings. The summed E-state index contributed by atoms with van der Waals surface area (Å²) in [4.78, 5) is 20.7. The molecule has 3 heterocycles. The number of allylic oxidation sites excluding steroid dienone is 2. The zero-order valence-electron chi connectivity index (χ0n) is 45.4. The fourth-order valence-electron chi connectivity index (χ4n) is 8.03. The minimum Gasteiger partial charge on any atom is -0.512 e. The van der Waals surface area contributed by atoms with Crippen LogP contribution >= 0.6 is 0 Å². The fraction of sp³-hybridized carbons (Fsp3) is 0.304. The fourth-order valence-corrected chi connectivity index (χ4v) is 8.03. The number of rotatable bonds is 10. The van der Waals surface area contributed by atoms with Crippen molar-refractivity contribution in [2.24, 2.45) is 11.8 Å². The molecule has 62 heavy (non-hydrogen) atoms. The Labute approximate surface area is 393 Å². The van der Waals surface area contributed by atoms with Gasteiger partial charge in [0.2, 0.25) is 0 Å². The number of aryl methyl sites for hydroxylation is 3. The summed E-state index contributed by atoms with van der Waals surface area (Å²) >= 11 is 0. The second-order valence-corrected chi connectivity index (χ2v) is 16.8. The first-order valence-corrected chi connectivity index (χ1v) is 21.2. The Kier molecular flexibility index (Phi) is 10.9. The van der Waals surface area contributed by atoms with Gasteiger partial charge in [-0.3, -0.25) is 4.79 Å². The summed E-state index contributed by atoms with van der Waals surface area (Å²) in [6, 6.07) is 32.8. The van der Waals surface area contributed by atoms with Gasteiger partial charge in [0.1, 0.15) is 11.1 Å². The molecule has 321 valence electrons. The molecule has 5 nitrogen and oxygen atoms in total. The molecule has 6 heteroatoms. The van der Waals surface area contributed by atoms with E-state index in [-0.39, 0.29) is 76.8 Å². The number of nitrogens with zero attached hydrogens (tertiary/aromatic N) is 2. The molecule has 0 aliphatic carbocycles. The van der Waals surface area contributed by atoms with E-state index in [4.69, 9.17) is 16.8 Å². The smallest absolute Gasteiger partial charge is 0.162 e. The number of carbonyl (C=O) groups excluding carboxylic acids is 1. The second kappa shape index (κ2) is 19.3. The van der Waals surface area contributed by atoms with Gasteiger partial charge in [-0.05, 0) is 125 Å². The molecule has 8 rings (SSSR count). The Morgan fingerprint density at radius 2 is 1.40 bits per heavy atom. The van der Waals surface area contributed by atoms with Gasteiger partial charge < -0.3 is 14.5 Å². The first kappa shape index (κ1) is 35.1. The topological polar surface area (TPSA) is 76.2 Å². The van der Waals surface area contributed by atoms with Crippen LogP contribution in [0.3, 0.4) is 0 Å². The van der Waals surface area contributed by atoms with Crippen LogP contribution in [0.5, 0.6) is 0 Å². The van der Waals surface area contributed by atoms with Crippen LogP contribution in [0.1, 0.15) is 109 Å². The molecule has 3 aromatic heterocycles. The zero-order valence-corrected chi connectivity index (χ0v) is 38.8. The first-order chi connectivity index (χ1) is 32.9. The summed E-state index contributed by atoms with van der Waals surface area (Å²) in [5.41, 5.74) is 5.37. The van der Waals surface area contributed by atoms with Crippen molar-refractivity contribution in [3.05, 3.63) is 144 Å². The minimum atomic E-state index is -2.62. The van der Waals surface area contributed by atoms with E-state index < -0.39 is 20.6 Å². The molecule has 0 saturated heterocycles. The predicted molar refractivity (Wildman–Crippen MR) is 256 cm³/mol. The van der Waals surface area contributed by atoms with Crippen molar-refractivity contribution in [2.45, 2.75) is 100 Å². The van der Waals surface area contributed by atoms with Crippen molar-refractivity contribution < 1.29 is 46.8 Å². The molecule has 0 spiro atoms. The number of pyridine rings is 2. The van der Waals surface area contributed by atoms with Gasteiger partial charge in [0.25, 0.3) is 0 Å². The van der Waals surface area contributed by atoms with E-state index in [9.17, 15) is 9.90 Å². The maximum absolute atomic E-state index is 11.7. The van der Waals surface area contributed by atoms with Crippen molar-refractivity contribution in [1.29, 1.82) is 0 Å². The summed E-state index contributed by atoms with van der Waals surface area (Å²) in [5.74, 6) is 0.547. The van der Waals surface area contributed by atoms with E-state index in [1.54, 1.807) is 30.3 Å². The number of furan rings is 1. The van der Waals surface area contributed by atoms with Gasteiger partial charge in [-0.15, -0.1) is 18.2 Å². The molecule has 1 N–H and O–H groups in total. The maximum atomic E-state index is 11.7. The van der Waals surface area contributed by atoms with Gasteiger partial charge in [0, 0.05) is 73.0 Å². The van der Waals surface area contributed by atoms with E-state index in [0.717, 1.165) is 42.2 Å². The van der Waals surface area contributed by atoms with E-state index in [1.165, 1.54) is 23.9 Å². The van der Waals surface area contributed by atoms with Gasteiger partial charge in [-0.25, -0.2) is 4.98 Å². The Bertz CT molecular complexity index is 3250. The molecular weight excluding hydrogens is 941 g/mol. The largest absolute Gasteiger partial charge is 0.512 e. The third kappa shape index (κ3) is 9.48. The number of aliphatic hydroxyl groups excluding tert-OH is 1. The summed E-state index contributed by atoms with van der Waals surface area (Å²) < 4.78 is 81.1. The van der Waals surface area contributed by atoms with Crippen molar-refractivity contribution in [1.82, 2.24) is 9.97 Å². The summed E-state index contributed by atoms with van der Waals surface area (Å²) in [5, 5.41) is 13.3. The Morgan fingerprint density at radius 3 is 2.08 bits per heavy atom. The third-order valence-corrected chi connectivity index (χ3v) is 11.9. The van der Waals surface area contributed by atoms with E-state index in [0.29, 0.717) is 49.5 Å². The molecule has 0 aliphatic rings. The van der Waals surface area contributed by atoms with Crippen molar-refractivity contribution >= 4 is 49.4 Å². The normalized spacial score (nSPS) is 14.8. The third-order valence-electron chi connectivity index (χ3n) is 11.9. The first-order valence-electron chi connectivity index (χ1n) is 25.7. The van der Waals surface area contributed by atoms with Crippen LogP contribution in [0.4, 0.5) is 0 Å². The van der Waals surface area contributed by atoms with Crippen LogP contribution in [0.25, 0.3) is 77.1 Å². The standard InChI is InChI=1S/C43H35N2O.C13H24O2.Ir/c1-25-20-32-21-30(28-14-17-33(18-15-28)43(4,5)6)12-13-31(32)22-37(25)38-23-39(44-24-26(38)2)36-9-7-8-34-35-19-16-29-11-10-27(3)45-40(29)42(35)46-41(34)36;1-5-10(6-2)12(14)9-13(15)11(7-3)8-4;/h7-8,10-24H,1-6H3;9-11,14H,5-8H2,1-4H3;/q-1;;/b;12-9-;/i1D3,2D3,3D3;;. The number of carbonyl (C=O) groups is 1. The number of ketones is 1. The molecule has 0 bridgehead atoms. The molecular formula is C56H59IrN2O3-. The van der Waals surface area contributed by atoms with Crippen LogP contribution in [-0.2, 0) is 30.3 Å². The van der Waals surface area contributed by atoms with Gasteiger partial charge in [0.15, 0.2) is 5.78 Å². The van der Waals surface area contributed by atoms with Crippen molar-refractivity contribution in [3.8, 4) is 33.5 Å². The van der Waals surface area contributed by atoms with Crippen LogP contribution < -0.4 is 0 Å². The molecule has 1 radical (unpaired) electrons. The maximum Gasteiger partial charge on any atom is 0.162 e. The summed E-state index contributed by atoms with van der Waals surface area (Å²) in [6.07, 6.45) is 6.17. The number of hydrogen-bond acceptors (Lipinski definition) is 5. The molecule has 0 amide bonds. The van der Waals surface area contributed by atoms with E-state index in [2.05, 4.69) is 61.1 Å². The predicted octanol–water partition coefficient (Wildman–Crippen LogP) is 15.6. The number of aliphatic hydroxyl groups is 1. The van der Waals surface area contributed by atoms with Gasteiger partial charge in [0.05, 0.1) is 11.3 Å². The van der Waals surface area contributed by atoms with Crippen molar-refractivity contribution in [3.63, 3.8) is 0 Å². The Hall–Kier alpha value is -5.42. The summed E-state index contributed by atoms with van der Waals surface area (Å²) in [6.45, 7) is 6.93. The van der Waals surface area contributed by atoms with E-state index >= 15 is 0 Å². The van der Waals surface area contributed by atoms with Gasteiger partial charge in [-0.2, -0.15) is 0 Å². The SMILES string of the molecule is CCC(CC)C(=O)/C=C(\O)C(CC)CC.[2H]C([2H])([2H])c1ccc2ccc3c4cc[c-]c(-c5cc(-c6cc7ccc(-c8ccc(C(C)(C)C)cc8)cc7cc6C([2H])([2H])[2H])c(C([2H])([2H])[2H])cn5)c4oc3c2n1.[Ir]. The monoisotopic (exact) mass is 1010 g/mol. The minimum absolute atomic E-state index is 0. The number of benzene rings is 5. The van der Waals surface area contributed by atoms with Crippen LogP contribution in [0, 0.1) is 38.5 Å². The Morgan fingerprint density at radius 1 is 0.742 bits per heavy atom. The van der Waals surface area contributed by atoms with Crippen LogP contribution in [-0.4, -0.2) is 20.9 Å². The molecule has 0 fully saturated rings. The van der Waals surface area contributed by atoms with Crippen LogP contribution in [0.15, 0.2) is 120 Å².